The monoisotopic (exact) mass is 570 g/mol. The molecule has 34 heavy (non-hydrogen) atoms. The first-order chi connectivity index (χ1) is 15.9. The average molecular weight is 570 g/mol. The van der Waals surface area contributed by atoms with Crippen LogP contribution in [0.25, 0.3) is 0 Å². The summed E-state index contributed by atoms with van der Waals surface area (Å²) < 4.78 is 12.9. The molecule has 0 aliphatic rings. The molecule has 0 rings (SSSR count). The van der Waals surface area contributed by atoms with Crippen LogP contribution in [0.4, 0.5) is 4.79 Å². The molecule has 0 radical (unpaired) electrons. The van der Waals surface area contributed by atoms with Crippen LogP contribution >= 0.6 is 11.8 Å². The van der Waals surface area contributed by atoms with Gasteiger partial charge in [-0.2, -0.15) is 0 Å². The second-order valence-electron chi connectivity index (χ2n) is 9.11. The van der Waals surface area contributed by atoms with E-state index in [1.807, 2.05) is 20.1 Å². The number of thioether (sulfide) groups is 1. The standard InChI is InChI=1S/C22H42N4O6SSe/c1-14(2)17(19(28)31-6)25-18(27)15(11-13-33-7)26-34-20(29)16(10-8-9-12-23)24-21(30)32-22(3,4)5/h14-17,26H,8-13,23H2,1-7H3,(H,24,30)(H,25,27)/t15-,16-,17-/m0/s1. The van der Waals surface area contributed by atoms with Gasteiger partial charge in [0.05, 0.1) is 0 Å². The van der Waals surface area contributed by atoms with Gasteiger partial charge in [0.1, 0.15) is 0 Å². The van der Waals surface area contributed by atoms with Gasteiger partial charge in [0, 0.05) is 0 Å². The number of unbranched alkanes of at least 4 members (excludes halogenated alkanes) is 1. The Labute approximate surface area is 214 Å². The van der Waals surface area contributed by atoms with Gasteiger partial charge in [-0.15, -0.1) is 0 Å². The number of methoxy groups -OCH3 is 1. The third kappa shape index (κ3) is 14.2. The molecule has 0 spiro atoms. The van der Waals surface area contributed by atoms with Crippen LogP contribution in [-0.2, 0) is 23.9 Å². The molecule has 3 atom stereocenters. The summed E-state index contributed by atoms with van der Waals surface area (Å²) in [6, 6.07) is -2.18. The van der Waals surface area contributed by atoms with Crippen LogP contribution in [0, 0.1) is 5.92 Å². The van der Waals surface area contributed by atoms with Crippen LogP contribution in [0.5, 0.6) is 0 Å². The predicted molar refractivity (Wildman–Crippen MR) is 136 cm³/mol. The van der Waals surface area contributed by atoms with Crippen molar-refractivity contribution in [3.8, 4) is 0 Å². The third-order valence-electron chi connectivity index (χ3n) is 4.57. The Kier molecular flexibility index (Phi) is 16.5. The van der Waals surface area contributed by atoms with Crippen molar-refractivity contribution in [1.82, 2.24) is 15.0 Å². The molecule has 2 amide bonds. The number of nitrogens with one attached hydrogen (secondary N) is 3. The molecule has 0 fully saturated rings. The Morgan fingerprint density at radius 1 is 1.03 bits per heavy atom. The molecule has 5 N–H and O–H groups in total. The maximum atomic E-state index is 13.0. The van der Waals surface area contributed by atoms with Gasteiger partial charge < -0.3 is 0 Å². The first kappa shape index (κ1) is 32.7. The van der Waals surface area contributed by atoms with Gasteiger partial charge in [-0.25, -0.2) is 0 Å². The number of esters is 1. The Hall–Kier alpha value is -1.33. The summed E-state index contributed by atoms with van der Waals surface area (Å²) in [6.45, 7) is 9.36. The first-order valence-corrected chi connectivity index (χ1v) is 14.5. The molecule has 0 heterocycles. The molecule has 0 aromatic heterocycles. The molecular weight excluding hydrogens is 527 g/mol. The molecule has 12 heteroatoms. The summed E-state index contributed by atoms with van der Waals surface area (Å²) in [5, 5.41) is 5.40. The molecule has 0 aliphatic heterocycles. The summed E-state index contributed by atoms with van der Waals surface area (Å²) >= 11 is 0.786. The molecule has 10 nitrogen and oxygen atoms in total. The zero-order chi connectivity index (χ0) is 26.3. The van der Waals surface area contributed by atoms with E-state index in [0.29, 0.717) is 31.6 Å². The minimum atomic E-state index is -0.790. The molecule has 0 unspecified atom stereocenters. The van der Waals surface area contributed by atoms with Crippen molar-refractivity contribution in [3.63, 3.8) is 0 Å². The van der Waals surface area contributed by atoms with Gasteiger partial charge >= 0.3 is 215 Å². The van der Waals surface area contributed by atoms with E-state index in [-0.39, 0.29) is 16.5 Å². The zero-order valence-electron chi connectivity index (χ0n) is 21.4. The number of amides is 2. The van der Waals surface area contributed by atoms with Crippen LogP contribution < -0.4 is 20.7 Å². The number of nitrogens with two attached hydrogens (primary N) is 1. The van der Waals surface area contributed by atoms with Crippen LogP contribution in [0.1, 0.15) is 60.3 Å². The fourth-order valence-electron chi connectivity index (χ4n) is 2.75. The molecule has 0 aromatic rings. The molecule has 0 saturated heterocycles. The number of alkyl carbamates (subject to hydrolysis) is 1. The quantitative estimate of drug-likeness (QED) is 0.122. The van der Waals surface area contributed by atoms with E-state index >= 15 is 0 Å². The Balaban J connectivity index is 5.27. The maximum absolute atomic E-state index is 13.0. The number of rotatable bonds is 16. The van der Waals surface area contributed by atoms with Crippen molar-refractivity contribution in [3.05, 3.63) is 0 Å². The molecule has 0 saturated carbocycles. The van der Waals surface area contributed by atoms with Crippen molar-refractivity contribution < 1.29 is 28.7 Å². The summed E-state index contributed by atoms with van der Waals surface area (Å²) in [4.78, 5) is 50.2. The summed E-state index contributed by atoms with van der Waals surface area (Å²) in [6.07, 6.45) is 3.56. The van der Waals surface area contributed by atoms with Gasteiger partial charge in [0.25, 0.3) is 0 Å². The van der Waals surface area contributed by atoms with Crippen molar-refractivity contribution in [2.75, 3.05) is 25.7 Å². The van der Waals surface area contributed by atoms with E-state index < -0.39 is 51.0 Å². The van der Waals surface area contributed by atoms with Crippen molar-refractivity contribution >= 4 is 49.6 Å². The van der Waals surface area contributed by atoms with E-state index in [4.69, 9.17) is 15.2 Å². The van der Waals surface area contributed by atoms with Crippen molar-refractivity contribution in [2.24, 2.45) is 11.7 Å². The van der Waals surface area contributed by atoms with Gasteiger partial charge in [0.15, 0.2) is 0 Å². The zero-order valence-corrected chi connectivity index (χ0v) is 23.9. The molecule has 0 bridgehead atoms. The first-order valence-electron chi connectivity index (χ1n) is 11.4. The Morgan fingerprint density at radius 2 is 1.68 bits per heavy atom. The SMILES string of the molecule is COC(=O)[C@@H](NC(=O)[C@H](CCSC)N[Se]C(=O)[C@H](CCCCN)NC(=O)OC(C)(C)C)C(C)C. The normalized spacial score (nSPS) is 14.1. The fraction of sp³-hybridized carbons (Fsp3) is 0.818. The van der Waals surface area contributed by atoms with Gasteiger partial charge in [-0.05, 0) is 0 Å². The number of carbonyl (C=O) groups is 4. The second-order valence-corrected chi connectivity index (χ2v) is 11.9. The van der Waals surface area contributed by atoms with E-state index in [9.17, 15) is 19.2 Å². The van der Waals surface area contributed by atoms with Gasteiger partial charge in [-0.3, -0.25) is 0 Å². The Morgan fingerprint density at radius 3 is 2.18 bits per heavy atom. The second kappa shape index (κ2) is 17.2. The van der Waals surface area contributed by atoms with Crippen molar-refractivity contribution in [1.29, 1.82) is 0 Å². The van der Waals surface area contributed by atoms with E-state index in [1.165, 1.54) is 7.11 Å². The summed E-state index contributed by atoms with van der Waals surface area (Å²) in [7, 11) is 1.28. The van der Waals surface area contributed by atoms with Crippen molar-refractivity contribution in [2.45, 2.75) is 84.0 Å². The Bertz CT molecular complexity index is 660. The molecular formula is C22H42N4O6SSe. The summed E-state index contributed by atoms with van der Waals surface area (Å²) in [5.74, 6) is -0.354. The van der Waals surface area contributed by atoms with E-state index in [0.717, 1.165) is 6.42 Å². The minimum absolute atomic E-state index is 0.158. The predicted octanol–water partition coefficient (Wildman–Crippen LogP) is 1.18. The topological polar surface area (TPSA) is 149 Å². The van der Waals surface area contributed by atoms with Crippen LogP contribution in [0.3, 0.4) is 0 Å². The van der Waals surface area contributed by atoms with E-state index in [1.54, 1.807) is 32.5 Å². The number of carbonyl (C=O) groups excluding carboxylic acids is 4. The van der Waals surface area contributed by atoms with E-state index in [2.05, 4.69) is 15.0 Å². The molecule has 0 aromatic carbocycles. The third-order valence-corrected chi connectivity index (χ3v) is 7.08. The summed E-state index contributed by atoms with van der Waals surface area (Å²) in [5.41, 5.74) is 4.87. The number of ether oxygens (including phenoxy) is 2. The van der Waals surface area contributed by atoms with Gasteiger partial charge in [0.2, 0.25) is 0 Å². The van der Waals surface area contributed by atoms with Gasteiger partial charge in [-0.1, -0.05) is 0 Å². The molecule has 198 valence electrons. The fourth-order valence-corrected chi connectivity index (χ4v) is 4.90. The average Bonchev–Trinajstić information content (AvgIpc) is 2.74. The number of hydrogen-bond acceptors (Lipinski definition) is 9. The molecule has 0 aliphatic carbocycles. The number of hydrogen-bond donors (Lipinski definition) is 4. The van der Waals surface area contributed by atoms with Crippen LogP contribution in [-0.4, -0.2) is 87.2 Å². The van der Waals surface area contributed by atoms with Crippen LogP contribution in [0.2, 0.25) is 0 Å². The van der Waals surface area contributed by atoms with Crippen LogP contribution in [0.15, 0.2) is 0 Å².